The second kappa shape index (κ2) is 11.6. The lowest BCUT2D eigenvalue weighted by atomic mass is 10.1. The molecule has 12 nitrogen and oxygen atoms in total. The average molecular weight is 590 g/mol. The summed E-state index contributed by atoms with van der Waals surface area (Å²) in [7, 11) is -4.55. The second-order valence-corrected chi connectivity index (χ2v) is 11.0. The molecule has 0 unspecified atom stereocenters. The van der Waals surface area contributed by atoms with Crippen molar-refractivity contribution in [2.45, 2.75) is 25.7 Å². The standard InChI is InChI=1S/C29H23N3O9S/c1-18-14-20(3)27(15-19(18)2)42(39,40)30(28(33)21-6-4-8-24(16-21)31(35)36)23-10-12-26(13-11-23)41-29(34)22-7-5-9-25(17-22)32(37)38/h4-17H,1-3H3. The topological polar surface area (TPSA) is 167 Å². The minimum Gasteiger partial charge on any atom is -0.423 e. The van der Waals surface area contributed by atoms with Crippen LogP contribution in [-0.2, 0) is 10.0 Å². The molecule has 0 saturated carbocycles. The molecule has 0 saturated heterocycles. The molecule has 4 aromatic carbocycles. The molecule has 0 radical (unpaired) electrons. The summed E-state index contributed by atoms with van der Waals surface area (Å²) in [5, 5.41) is 22.3. The van der Waals surface area contributed by atoms with Crippen LogP contribution in [-0.4, -0.2) is 30.1 Å². The van der Waals surface area contributed by atoms with Crippen molar-refractivity contribution < 1.29 is 32.6 Å². The van der Waals surface area contributed by atoms with Crippen molar-refractivity contribution >= 4 is 39.0 Å². The molecule has 0 atom stereocenters. The van der Waals surface area contributed by atoms with Gasteiger partial charge in [-0.1, -0.05) is 18.2 Å². The first kappa shape index (κ1) is 29.6. The van der Waals surface area contributed by atoms with Crippen molar-refractivity contribution in [2.75, 3.05) is 4.31 Å². The van der Waals surface area contributed by atoms with Crippen LogP contribution in [0.5, 0.6) is 5.75 Å². The van der Waals surface area contributed by atoms with E-state index in [4.69, 9.17) is 4.74 Å². The number of carbonyl (C=O) groups excluding carboxylic acids is 2. The maximum absolute atomic E-state index is 14.0. The molecule has 13 heteroatoms. The summed E-state index contributed by atoms with van der Waals surface area (Å²) in [5.41, 5.74) is 0.755. The largest absolute Gasteiger partial charge is 0.423 e. The molecule has 0 aliphatic rings. The molecule has 0 heterocycles. The molecule has 0 bridgehead atoms. The Morgan fingerprint density at radius 1 is 0.714 bits per heavy atom. The quantitative estimate of drug-likeness (QED) is 0.109. The maximum atomic E-state index is 14.0. The van der Waals surface area contributed by atoms with Gasteiger partial charge in [0.2, 0.25) is 0 Å². The number of hydrogen-bond acceptors (Lipinski definition) is 9. The molecular formula is C29H23N3O9S. The zero-order chi connectivity index (χ0) is 30.8. The summed E-state index contributed by atoms with van der Waals surface area (Å²) in [4.78, 5) is 47.1. The average Bonchev–Trinajstić information content (AvgIpc) is 2.95. The van der Waals surface area contributed by atoms with Gasteiger partial charge < -0.3 is 4.74 Å². The minimum absolute atomic E-state index is 0.0298. The third kappa shape index (κ3) is 6.00. The molecule has 214 valence electrons. The van der Waals surface area contributed by atoms with Crippen molar-refractivity contribution in [3.63, 3.8) is 0 Å². The van der Waals surface area contributed by atoms with Crippen molar-refractivity contribution in [3.8, 4) is 5.75 Å². The number of nitrogens with zero attached hydrogens (tertiary/aromatic N) is 3. The van der Waals surface area contributed by atoms with E-state index in [9.17, 15) is 38.2 Å². The zero-order valence-electron chi connectivity index (χ0n) is 22.5. The monoisotopic (exact) mass is 589 g/mol. The van der Waals surface area contributed by atoms with Crippen LogP contribution in [0.25, 0.3) is 0 Å². The number of nitro benzene ring substituents is 2. The molecule has 0 aliphatic carbocycles. The number of sulfonamides is 1. The molecule has 4 aromatic rings. The number of hydrogen-bond donors (Lipinski definition) is 0. The lowest BCUT2D eigenvalue weighted by Crippen LogP contribution is -2.37. The van der Waals surface area contributed by atoms with E-state index in [2.05, 4.69) is 0 Å². The van der Waals surface area contributed by atoms with Crippen molar-refractivity contribution in [3.05, 3.63) is 133 Å². The number of benzene rings is 4. The van der Waals surface area contributed by atoms with E-state index in [0.29, 0.717) is 15.4 Å². The van der Waals surface area contributed by atoms with Crippen LogP contribution in [0.3, 0.4) is 0 Å². The normalized spacial score (nSPS) is 11.0. The Balaban J connectivity index is 1.76. The van der Waals surface area contributed by atoms with Gasteiger partial charge in [0.15, 0.2) is 0 Å². The van der Waals surface area contributed by atoms with Gasteiger partial charge in [-0.3, -0.25) is 25.0 Å². The Kier molecular flexibility index (Phi) is 8.15. The first-order valence-electron chi connectivity index (χ1n) is 12.3. The second-order valence-electron chi connectivity index (χ2n) is 9.27. The van der Waals surface area contributed by atoms with Crippen LogP contribution in [0, 0.1) is 41.0 Å². The highest BCUT2D eigenvalue weighted by molar-refractivity contribution is 7.93. The summed E-state index contributed by atoms with van der Waals surface area (Å²) < 4.78 is 33.9. The van der Waals surface area contributed by atoms with Crippen LogP contribution in [0.1, 0.15) is 37.4 Å². The summed E-state index contributed by atoms with van der Waals surface area (Å²) in [6.07, 6.45) is 0. The zero-order valence-corrected chi connectivity index (χ0v) is 23.3. The summed E-state index contributed by atoms with van der Waals surface area (Å²) >= 11 is 0. The van der Waals surface area contributed by atoms with Gasteiger partial charge in [-0.15, -0.1) is 0 Å². The molecule has 0 spiro atoms. The first-order chi connectivity index (χ1) is 19.8. The predicted molar refractivity (Wildman–Crippen MR) is 152 cm³/mol. The number of nitro groups is 2. The molecule has 4 rings (SSSR count). The van der Waals surface area contributed by atoms with Crippen molar-refractivity contribution in [2.24, 2.45) is 0 Å². The van der Waals surface area contributed by atoms with E-state index in [-0.39, 0.29) is 33.1 Å². The van der Waals surface area contributed by atoms with Gasteiger partial charge in [-0.25, -0.2) is 13.2 Å². The number of non-ortho nitro benzene ring substituents is 2. The van der Waals surface area contributed by atoms with Gasteiger partial charge in [-0.05, 0) is 79.9 Å². The molecule has 42 heavy (non-hydrogen) atoms. The Bertz CT molecular complexity index is 1850. The van der Waals surface area contributed by atoms with E-state index in [1.54, 1.807) is 19.9 Å². The fourth-order valence-electron chi connectivity index (χ4n) is 4.11. The van der Waals surface area contributed by atoms with Crippen LogP contribution in [0.15, 0.2) is 89.8 Å². The van der Waals surface area contributed by atoms with Crippen molar-refractivity contribution in [1.82, 2.24) is 0 Å². The summed E-state index contributed by atoms with van der Waals surface area (Å²) in [6.45, 7) is 5.13. The third-order valence-corrected chi connectivity index (χ3v) is 8.23. The number of esters is 1. The molecule has 1 amide bonds. The SMILES string of the molecule is Cc1cc(C)c(S(=O)(=O)N(C(=O)c2cccc([N+](=O)[O-])c2)c2ccc(OC(=O)c3cccc([N+](=O)[O-])c3)cc2)cc1C. The Labute approximate surface area is 240 Å². The predicted octanol–water partition coefficient (Wildman–Crippen LogP) is 5.68. The highest BCUT2D eigenvalue weighted by Gasteiger charge is 2.34. The van der Waals surface area contributed by atoms with Crippen LogP contribution < -0.4 is 9.04 Å². The van der Waals surface area contributed by atoms with Gasteiger partial charge >= 0.3 is 5.97 Å². The molecular weight excluding hydrogens is 566 g/mol. The maximum Gasteiger partial charge on any atom is 0.343 e. The Morgan fingerprint density at radius 2 is 1.24 bits per heavy atom. The van der Waals surface area contributed by atoms with Gasteiger partial charge in [0.25, 0.3) is 27.3 Å². The van der Waals surface area contributed by atoms with Gasteiger partial charge in [-0.2, -0.15) is 4.31 Å². The van der Waals surface area contributed by atoms with E-state index in [1.165, 1.54) is 66.7 Å². The smallest absolute Gasteiger partial charge is 0.343 e. The first-order valence-corrected chi connectivity index (χ1v) is 13.7. The fraction of sp³-hybridized carbons (Fsp3) is 0.103. The number of carbonyl (C=O) groups is 2. The fourth-order valence-corrected chi connectivity index (χ4v) is 5.82. The lowest BCUT2D eigenvalue weighted by molar-refractivity contribution is -0.385. The van der Waals surface area contributed by atoms with E-state index >= 15 is 0 Å². The number of amides is 1. The van der Waals surface area contributed by atoms with Gasteiger partial charge in [0.05, 0.1) is 26.0 Å². The summed E-state index contributed by atoms with van der Waals surface area (Å²) in [6, 6.07) is 17.7. The number of ether oxygens (including phenoxy) is 1. The van der Waals surface area contributed by atoms with Crippen LogP contribution >= 0.6 is 0 Å². The molecule has 0 aliphatic heterocycles. The van der Waals surface area contributed by atoms with E-state index < -0.39 is 37.4 Å². The van der Waals surface area contributed by atoms with Gasteiger partial charge in [0, 0.05) is 29.8 Å². The highest BCUT2D eigenvalue weighted by Crippen LogP contribution is 2.31. The molecule has 0 fully saturated rings. The van der Waals surface area contributed by atoms with E-state index in [0.717, 1.165) is 17.7 Å². The Hall–Kier alpha value is -5.43. The summed E-state index contributed by atoms with van der Waals surface area (Å²) in [5.74, 6) is -1.97. The molecule has 0 aromatic heterocycles. The van der Waals surface area contributed by atoms with Crippen LogP contribution in [0.2, 0.25) is 0 Å². The third-order valence-electron chi connectivity index (χ3n) is 6.37. The van der Waals surface area contributed by atoms with E-state index in [1.807, 2.05) is 6.92 Å². The van der Waals surface area contributed by atoms with Gasteiger partial charge in [0.1, 0.15) is 5.75 Å². The number of anilines is 1. The number of aryl methyl sites for hydroxylation is 3. The Morgan fingerprint density at radius 3 is 1.81 bits per heavy atom. The lowest BCUT2D eigenvalue weighted by Gasteiger charge is -2.24. The number of rotatable bonds is 8. The van der Waals surface area contributed by atoms with Crippen LogP contribution in [0.4, 0.5) is 17.1 Å². The molecule has 0 N–H and O–H groups in total. The highest BCUT2D eigenvalue weighted by atomic mass is 32.2. The minimum atomic E-state index is -4.55. The van der Waals surface area contributed by atoms with Crippen molar-refractivity contribution in [1.29, 1.82) is 0 Å².